The molecule has 0 radical (unpaired) electrons. The topological polar surface area (TPSA) is 47.3 Å². The molecule has 0 unspecified atom stereocenters. The highest BCUT2D eigenvalue weighted by atomic mass is 16.5. The fourth-order valence-corrected chi connectivity index (χ4v) is 1.43. The summed E-state index contributed by atoms with van der Waals surface area (Å²) in [5.41, 5.74) is 7.56. The van der Waals surface area contributed by atoms with Crippen molar-refractivity contribution in [3.8, 4) is 5.75 Å². The number of nitrogens with one attached hydrogen (secondary N) is 1. The molecule has 90 valence electrons. The van der Waals surface area contributed by atoms with E-state index in [2.05, 4.69) is 19.2 Å². The molecule has 1 aromatic rings. The van der Waals surface area contributed by atoms with Crippen LogP contribution in [0.3, 0.4) is 0 Å². The number of nitrogens with two attached hydrogens (primary N) is 1. The highest BCUT2D eigenvalue weighted by Gasteiger charge is 2.01. The van der Waals surface area contributed by atoms with Gasteiger partial charge in [-0.3, -0.25) is 0 Å². The minimum absolute atomic E-state index is 0.639. The van der Waals surface area contributed by atoms with Crippen LogP contribution in [0.5, 0.6) is 5.75 Å². The van der Waals surface area contributed by atoms with Crippen LogP contribution in [0.25, 0.3) is 0 Å². The third-order valence-electron chi connectivity index (χ3n) is 2.36. The molecule has 3 heteroatoms. The first-order valence-electron chi connectivity index (χ1n) is 5.89. The molecule has 0 aliphatic rings. The molecule has 0 aliphatic carbocycles. The quantitative estimate of drug-likeness (QED) is 0.727. The van der Waals surface area contributed by atoms with Gasteiger partial charge in [-0.15, -0.1) is 0 Å². The largest absolute Gasteiger partial charge is 0.492 e. The predicted molar refractivity (Wildman–Crippen MR) is 70.0 cm³/mol. The van der Waals surface area contributed by atoms with Gasteiger partial charge >= 0.3 is 0 Å². The van der Waals surface area contributed by atoms with Crippen molar-refractivity contribution in [2.24, 2.45) is 5.92 Å². The molecule has 0 aliphatic heterocycles. The molecule has 0 bridgehead atoms. The minimum atomic E-state index is 0.639. The maximum absolute atomic E-state index is 5.80. The Bertz CT molecular complexity index is 324. The van der Waals surface area contributed by atoms with Gasteiger partial charge in [-0.05, 0) is 31.4 Å². The van der Waals surface area contributed by atoms with E-state index in [9.17, 15) is 0 Å². The van der Waals surface area contributed by atoms with Gasteiger partial charge in [-0.1, -0.05) is 13.8 Å². The Balaban J connectivity index is 2.56. The van der Waals surface area contributed by atoms with Crippen molar-refractivity contribution in [2.45, 2.75) is 27.2 Å². The van der Waals surface area contributed by atoms with Crippen LogP contribution in [-0.2, 0) is 0 Å². The molecule has 0 fully saturated rings. The molecule has 0 amide bonds. The van der Waals surface area contributed by atoms with Crippen molar-refractivity contribution >= 4 is 11.4 Å². The van der Waals surface area contributed by atoms with E-state index < -0.39 is 0 Å². The maximum atomic E-state index is 5.80. The van der Waals surface area contributed by atoms with Crippen molar-refractivity contribution in [1.29, 1.82) is 0 Å². The maximum Gasteiger partial charge on any atom is 0.144 e. The molecular weight excluding hydrogens is 200 g/mol. The van der Waals surface area contributed by atoms with Crippen molar-refractivity contribution < 1.29 is 4.74 Å². The lowest BCUT2D eigenvalue weighted by atomic mass is 10.1. The van der Waals surface area contributed by atoms with Crippen molar-refractivity contribution in [2.75, 3.05) is 24.2 Å². The van der Waals surface area contributed by atoms with E-state index >= 15 is 0 Å². The molecule has 3 N–H and O–H groups in total. The van der Waals surface area contributed by atoms with Crippen LogP contribution < -0.4 is 15.8 Å². The average Bonchev–Trinajstić information content (AvgIpc) is 2.22. The minimum Gasteiger partial charge on any atom is -0.492 e. The van der Waals surface area contributed by atoms with Crippen LogP contribution >= 0.6 is 0 Å². The molecule has 0 heterocycles. The van der Waals surface area contributed by atoms with Gasteiger partial charge < -0.3 is 15.8 Å². The zero-order valence-corrected chi connectivity index (χ0v) is 10.4. The molecule has 0 atom stereocenters. The van der Waals surface area contributed by atoms with Crippen LogP contribution in [0, 0.1) is 5.92 Å². The number of nitrogen functional groups attached to an aromatic ring is 1. The molecular formula is C13H22N2O. The molecule has 0 saturated carbocycles. The van der Waals surface area contributed by atoms with E-state index in [1.807, 2.05) is 25.1 Å². The highest BCUT2D eigenvalue weighted by molar-refractivity contribution is 5.61. The first-order valence-corrected chi connectivity index (χ1v) is 5.89. The van der Waals surface area contributed by atoms with Crippen LogP contribution in [0.2, 0.25) is 0 Å². The zero-order valence-electron chi connectivity index (χ0n) is 10.4. The summed E-state index contributed by atoms with van der Waals surface area (Å²) in [4.78, 5) is 0. The van der Waals surface area contributed by atoms with Crippen molar-refractivity contribution in [3.63, 3.8) is 0 Å². The smallest absolute Gasteiger partial charge is 0.144 e. The summed E-state index contributed by atoms with van der Waals surface area (Å²) in [6.45, 7) is 8.01. The summed E-state index contributed by atoms with van der Waals surface area (Å²) in [7, 11) is 0. The van der Waals surface area contributed by atoms with Gasteiger partial charge in [-0.25, -0.2) is 0 Å². The van der Waals surface area contributed by atoms with Gasteiger partial charge in [0.2, 0.25) is 0 Å². The summed E-state index contributed by atoms with van der Waals surface area (Å²) in [5, 5.41) is 3.37. The third kappa shape index (κ3) is 4.01. The molecule has 16 heavy (non-hydrogen) atoms. The van der Waals surface area contributed by atoms with Crippen LogP contribution in [0.4, 0.5) is 11.4 Å². The zero-order chi connectivity index (χ0) is 12.0. The van der Waals surface area contributed by atoms with Crippen LogP contribution in [0.15, 0.2) is 18.2 Å². The Hall–Kier alpha value is -1.38. The van der Waals surface area contributed by atoms with Gasteiger partial charge in [0.1, 0.15) is 5.75 Å². The average molecular weight is 222 g/mol. The Labute approximate surface area is 98.0 Å². The second-order valence-electron chi connectivity index (χ2n) is 4.29. The van der Waals surface area contributed by atoms with Crippen LogP contribution in [0.1, 0.15) is 27.2 Å². The summed E-state index contributed by atoms with van der Waals surface area (Å²) >= 11 is 0. The van der Waals surface area contributed by atoms with E-state index in [4.69, 9.17) is 10.5 Å². The molecule has 0 spiro atoms. The number of benzene rings is 1. The lowest BCUT2D eigenvalue weighted by molar-refractivity contribution is 0.342. The number of ether oxygens (including phenoxy) is 1. The monoisotopic (exact) mass is 222 g/mol. The van der Waals surface area contributed by atoms with Gasteiger partial charge in [0.15, 0.2) is 0 Å². The lowest BCUT2D eigenvalue weighted by Gasteiger charge is -2.11. The van der Waals surface area contributed by atoms with E-state index in [-0.39, 0.29) is 0 Å². The van der Waals surface area contributed by atoms with Gasteiger partial charge in [0, 0.05) is 18.3 Å². The molecule has 1 aromatic carbocycles. The lowest BCUT2D eigenvalue weighted by Crippen LogP contribution is -2.05. The van der Waals surface area contributed by atoms with Gasteiger partial charge in [0.05, 0.1) is 12.3 Å². The highest BCUT2D eigenvalue weighted by Crippen LogP contribution is 2.25. The molecule has 0 aromatic heterocycles. The Morgan fingerprint density at radius 3 is 2.75 bits per heavy atom. The Morgan fingerprint density at radius 1 is 1.38 bits per heavy atom. The number of hydrogen-bond donors (Lipinski definition) is 2. The summed E-state index contributed by atoms with van der Waals surface area (Å²) in [6, 6.07) is 5.82. The number of rotatable bonds is 6. The predicted octanol–water partition coefficient (Wildman–Crippen LogP) is 3.13. The van der Waals surface area contributed by atoms with Crippen LogP contribution in [-0.4, -0.2) is 13.2 Å². The third-order valence-corrected chi connectivity index (χ3v) is 2.36. The fraction of sp³-hybridized carbons (Fsp3) is 0.538. The number of hydrogen-bond acceptors (Lipinski definition) is 3. The van der Waals surface area contributed by atoms with E-state index in [0.717, 1.165) is 24.4 Å². The SMILES string of the molecule is CCOc1cc(NCCC(C)C)ccc1N. The summed E-state index contributed by atoms with van der Waals surface area (Å²) < 4.78 is 5.44. The van der Waals surface area contributed by atoms with E-state index in [0.29, 0.717) is 18.2 Å². The Morgan fingerprint density at radius 2 is 2.12 bits per heavy atom. The van der Waals surface area contributed by atoms with Crippen molar-refractivity contribution in [3.05, 3.63) is 18.2 Å². The molecule has 0 saturated heterocycles. The van der Waals surface area contributed by atoms with Gasteiger partial charge in [-0.2, -0.15) is 0 Å². The fourth-order valence-electron chi connectivity index (χ4n) is 1.43. The van der Waals surface area contributed by atoms with Gasteiger partial charge in [0.25, 0.3) is 0 Å². The van der Waals surface area contributed by atoms with Crippen molar-refractivity contribution in [1.82, 2.24) is 0 Å². The number of anilines is 2. The first kappa shape index (κ1) is 12.7. The van der Waals surface area contributed by atoms with E-state index in [1.165, 1.54) is 0 Å². The molecule has 1 rings (SSSR count). The summed E-state index contributed by atoms with van der Waals surface area (Å²) in [6.07, 6.45) is 1.16. The second kappa shape index (κ2) is 6.26. The van der Waals surface area contributed by atoms with E-state index in [1.54, 1.807) is 0 Å². The normalized spacial score (nSPS) is 10.5. The second-order valence-corrected chi connectivity index (χ2v) is 4.29. The standard InChI is InChI=1S/C13H22N2O/c1-4-16-13-9-11(5-6-12(13)14)15-8-7-10(2)3/h5-6,9-10,15H,4,7-8,14H2,1-3H3. The molecule has 3 nitrogen and oxygen atoms in total. The Kier molecular flexibility index (Phi) is 4.96. The first-order chi connectivity index (χ1) is 7.63. The summed E-state index contributed by atoms with van der Waals surface area (Å²) in [5.74, 6) is 1.48.